The molecule has 1 aromatic carbocycles. The zero-order valence-electron chi connectivity index (χ0n) is 16.3. The first kappa shape index (κ1) is 21.2. The number of aromatic nitrogens is 1. The van der Waals surface area contributed by atoms with E-state index in [1.54, 1.807) is 12.3 Å². The molecule has 0 aliphatic carbocycles. The van der Waals surface area contributed by atoms with Crippen LogP contribution in [0, 0.1) is 0 Å². The van der Waals surface area contributed by atoms with Crippen LogP contribution in [0.1, 0.15) is 37.8 Å². The Morgan fingerprint density at radius 3 is 2.61 bits per heavy atom. The van der Waals surface area contributed by atoms with Gasteiger partial charge >= 0.3 is 6.09 Å². The molecule has 0 aliphatic rings. The molecule has 2 aromatic rings. The lowest BCUT2D eigenvalue weighted by atomic mass is 10.2. The predicted octanol–water partition coefficient (Wildman–Crippen LogP) is 3.19. The van der Waals surface area contributed by atoms with E-state index in [4.69, 9.17) is 9.47 Å². The van der Waals surface area contributed by atoms with Crippen molar-refractivity contribution >= 4 is 12.0 Å². The van der Waals surface area contributed by atoms with Crippen molar-refractivity contribution in [3.05, 3.63) is 59.8 Å². The van der Waals surface area contributed by atoms with Gasteiger partial charge < -0.3 is 20.1 Å². The predicted molar refractivity (Wildman–Crippen MR) is 106 cm³/mol. The number of nitrogens with zero attached hydrogens (tertiary/aromatic N) is 1. The highest BCUT2D eigenvalue weighted by Crippen LogP contribution is 2.15. The molecule has 7 heteroatoms. The SMILES string of the molecule is CC(C)Oc1ncccc1CNC(=O)CCCNC(=O)OCc1ccccc1. The van der Waals surface area contributed by atoms with Crippen LogP contribution in [0.25, 0.3) is 0 Å². The Hall–Kier alpha value is -3.09. The minimum absolute atomic E-state index is 0.0112. The second kappa shape index (κ2) is 11.6. The normalized spacial score (nSPS) is 10.4. The lowest BCUT2D eigenvalue weighted by Crippen LogP contribution is -2.28. The average Bonchev–Trinajstić information content (AvgIpc) is 2.69. The minimum atomic E-state index is -0.491. The summed E-state index contributed by atoms with van der Waals surface area (Å²) >= 11 is 0. The number of hydrogen-bond acceptors (Lipinski definition) is 5. The van der Waals surface area contributed by atoms with Gasteiger partial charge in [0.05, 0.1) is 6.10 Å². The topological polar surface area (TPSA) is 89.5 Å². The van der Waals surface area contributed by atoms with Crippen LogP contribution in [-0.2, 0) is 22.7 Å². The van der Waals surface area contributed by atoms with E-state index in [1.807, 2.05) is 50.2 Å². The summed E-state index contributed by atoms with van der Waals surface area (Å²) in [5, 5.41) is 5.49. The summed E-state index contributed by atoms with van der Waals surface area (Å²) in [4.78, 5) is 27.8. The van der Waals surface area contributed by atoms with Crippen LogP contribution in [0.15, 0.2) is 48.7 Å². The van der Waals surface area contributed by atoms with Crippen molar-refractivity contribution in [1.82, 2.24) is 15.6 Å². The first-order valence-electron chi connectivity index (χ1n) is 9.36. The molecule has 0 bridgehead atoms. The second-order valence-electron chi connectivity index (χ2n) is 6.50. The summed E-state index contributed by atoms with van der Waals surface area (Å²) in [5.74, 6) is 0.430. The van der Waals surface area contributed by atoms with Crippen molar-refractivity contribution < 1.29 is 19.1 Å². The van der Waals surface area contributed by atoms with E-state index in [9.17, 15) is 9.59 Å². The van der Waals surface area contributed by atoms with Crippen molar-refractivity contribution in [2.45, 2.75) is 45.9 Å². The molecule has 0 saturated carbocycles. The Kier molecular flexibility index (Phi) is 8.78. The first-order chi connectivity index (χ1) is 13.5. The van der Waals surface area contributed by atoms with Crippen LogP contribution < -0.4 is 15.4 Å². The highest BCUT2D eigenvalue weighted by molar-refractivity contribution is 5.76. The molecule has 150 valence electrons. The van der Waals surface area contributed by atoms with Gasteiger partial charge in [0.1, 0.15) is 6.61 Å². The lowest BCUT2D eigenvalue weighted by Gasteiger charge is -2.13. The van der Waals surface area contributed by atoms with E-state index in [0.717, 1.165) is 11.1 Å². The molecule has 0 saturated heterocycles. The van der Waals surface area contributed by atoms with Crippen molar-refractivity contribution in [1.29, 1.82) is 0 Å². The fourth-order valence-corrected chi connectivity index (χ4v) is 2.38. The number of benzene rings is 1. The van der Waals surface area contributed by atoms with Crippen LogP contribution in [0.2, 0.25) is 0 Å². The maximum Gasteiger partial charge on any atom is 0.407 e. The number of hydrogen-bond donors (Lipinski definition) is 2. The number of carbonyl (C=O) groups is 2. The van der Waals surface area contributed by atoms with Crippen molar-refractivity contribution in [3.8, 4) is 5.88 Å². The molecule has 0 unspecified atom stereocenters. The van der Waals surface area contributed by atoms with Gasteiger partial charge in [-0.2, -0.15) is 0 Å². The van der Waals surface area contributed by atoms with E-state index in [-0.39, 0.29) is 18.6 Å². The molecule has 1 heterocycles. The third-order valence-electron chi connectivity index (χ3n) is 3.74. The molecule has 2 amide bonds. The van der Waals surface area contributed by atoms with Crippen LogP contribution in [0.5, 0.6) is 5.88 Å². The fraction of sp³-hybridized carbons (Fsp3) is 0.381. The third kappa shape index (κ3) is 8.07. The number of rotatable bonds is 10. The van der Waals surface area contributed by atoms with Gasteiger partial charge in [-0.15, -0.1) is 0 Å². The average molecular weight is 385 g/mol. The molecular formula is C21H27N3O4. The van der Waals surface area contributed by atoms with E-state index in [0.29, 0.717) is 31.8 Å². The molecule has 0 fully saturated rings. The van der Waals surface area contributed by atoms with Crippen LogP contribution in [0.3, 0.4) is 0 Å². The maximum absolute atomic E-state index is 12.0. The van der Waals surface area contributed by atoms with Gasteiger partial charge in [0.2, 0.25) is 11.8 Å². The van der Waals surface area contributed by atoms with Gasteiger partial charge in [0.15, 0.2) is 0 Å². The largest absolute Gasteiger partial charge is 0.475 e. The number of pyridine rings is 1. The van der Waals surface area contributed by atoms with Gasteiger partial charge in [0, 0.05) is 31.3 Å². The van der Waals surface area contributed by atoms with Crippen molar-refractivity contribution in [2.75, 3.05) is 6.54 Å². The van der Waals surface area contributed by atoms with E-state index in [2.05, 4.69) is 15.6 Å². The smallest absolute Gasteiger partial charge is 0.407 e. The van der Waals surface area contributed by atoms with Crippen molar-refractivity contribution in [3.63, 3.8) is 0 Å². The van der Waals surface area contributed by atoms with Gasteiger partial charge in [-0.05, 0) is 31.9 Å². The minimum Gasteiger partial charge on any atom is -0.475 e. The highest BCUT2D eigenvalue weighted by atomic mass is 16.5. The first-order valence-corrected chi connectivity index (χ1v) is 9.36. The zero-order valence-corrected chi connectivity index (χ0v) is 16.3. The Bertz CT molecular complexity index is 750. The molecule has 0 aliphatic heterocycles. The summed E-state index contributed by atoms with van der Waals surface area (Å²) < 4.78 is 10.7. The highest BCUT2D eigenvalue weighted by Gasteiger charge is 2.09. The maximum atomic E-state index is 12.0. The van der Waals surface area contributed by atoms with Crippen LogP contribution in [0.4, 0.5) is 4.79 Å². The molecule has 0 atom stereocenters. The number of amides is 2. The summed E-state index contributed by atoms with van der Waals surface area (Å²) in [6.07, 6.45) is 2.01. The number of ether oxygens (including phenoxy) is 2. The van der Waals surface area contributed by atoms with Gasteiger partial charge in [-0.3, -0.25) is 4.79 Å². The monoisotopic (exact) mass is 385 g/mol. The molecular weight excluding hydrogens is 358 g/mol. The molecule has 28 heavy (non-hydrogen) atoms. The summed E-state index contributed by atoms with van der Waals surface area (Å²) in [7, 11) is 0. The molecule has 2 N–H and O–H groups in total. The Morgan fingerprint density at radius 1 is 1.07 bits per heavy atom. The molecule has 0 spiro atoms. The molecule has 0 radical (unpaired) electrons. The van der Waals surface area contributed by atoms with Crippen molar-refractivity contribution in [2.24, 2.45) is 0 Å². The van der Waals surface area contributed by atoms with Gasteiger partial charge in [-0.25, -0.2) is 9.78 Å². The Balaban J connectivity index is 1.61. The standard InChI is InChI=1S/C21H27N3O4/c1-16(2)28-20-18(10-6-12-22-20)14-24-19(25)11-7-13-23-21(26)27-15-17-8-4-3-5-9-17/h3-6,8-10,12,16H,7,11,13-15H2,1-2H3,(H,23,26)(H,24,25). The Labute approximate surface area is 165 Å². The number of carbonyl (C=O) groups excluding carboxylic acids is 2. The zero-order chi connectivity index (χ0) is 20.2. The summed E-state index contributed by atoms with van der Waals surface area (Å²) in [6, 6.07) is 13.1. The van der Waals surface area contributed by atoms with E-state index < -0.39 is 6.09 Å². The summed E-state index contributed by atoms with van der Waals surface area (Å²) in [6.45, 7) is 4.79. The van der Waals surface area contributed by atoms with E-state index in [1.165, 1.54) is 0 Å². The van der Waals surface area contributed by atoms with E-state index >= 15 is 0 Å². The molecule has 1 aromatic heterocycles. The molecule has 7 nitrogen and oxygen atoms in total. The lowest BCUT2D eigenvalue weighted by molar-refractivity contribution is -0.121. The summed E-state index contributed by atoms with van der Waals surface area (Å²) in [5.41, 5.74) is 1.75. The quantitative estimate of drug-likeness (QED) is 0.613. The van der Waals surface area contributed by atoms with Gasteiger partial charge in [-0.1, -0.05) is 36.4 Å². The third-order valence-corrected chi connectivity index (χ3v) is 3.74. The fourth-order valence-electron chi connectivity index (χ4n) is 2.38. The number of nitrogens with one attached hydrogen (secondary N) is 2. The van der Waals surface area contributed by atoms with Crippen LogP contribution >= 0.6 is 0 Å². The van der Waals surface area contributed by atoms with Gasteiger partial charge in [0.25, 0.3) is 0 Å². The number of alkyl carbamates (subject to hydrolysis) is 1. The molecule has 2 rings (SSSR count). The Morgan fingerprint density at radius 2 is 1.86 bits per heavy atom. The van der Waals surface area contributed by atoms with Crippen LogP contribution in [-0.4, -0.2) is 29.6 Å². The second-order valence-corrected chi connectivity index (χ2v) is 6.50.